The molecule has 0 amide bonds. The van der Waals surface area contributed by atoms with Gasteiger partial charge in [-0.2, -0.15) is 0 Å². The molecule has 1 aliphatic rings. The molecular weight excluding hydrogens is 124 g/mol. The molecule has 0 aromatic carbocycles. The maximum Gasteiger partial charge on any atom is 0.0918 e. The average molecular weight is 140 g/mol. The van der Waals surface area contributed by atoms with Gasteiger partial charge in [-0.3, -0.25) is 0 Å². The van der Waals surface area contributed by atoms with E-state index in [2.05, 4.69) is 13.0 Å². The topological polar surface area (TPSA) is 9.23 Å². The first-order chi connectivity index (χ1) is 4.86. The first-order valence-electron chi connectivity index (χ1n) is 4.11. The normalized spacial score (nSPS) is 25.8. The van der Waals surface area contributed by atoms with Gasteiger partial charge in [0.2, 0.25) is 0 Å². The van der Waals surface area contributed by atoms with Crippen LogP contribution in [0.15, 0.2) is 11.8 Å². The number of hydrogen-bond acceptors (Lipinski definition) is 1. The van der Waals surface area contributed by atoms with E-state index in [0.29, 0.717) is 0 Å². The molecule has 1 unspecified atom stereocenters. The molecule has 0 aromatic heterocycles. The van der Waals surface area contributed by atoms with Crippen LogP contribution in [0.2, 0.25) is 0 Å². The van der Waals surface area contributed by atoms with E-state index in [0.717, 1.165) is 12.3 Å². The Hall–Kier alpha value is -0.460. The van der Waals surface area contributed by atoms with E-state index >= 15 is 0 Å². The summed E-state index contributed by atoms with van der Waals surface area (Å²) in [7, 11) is 1.77. The van der Waals surface area contributed by atoms with Crippen molar-refractivity contribution in [2.75, 3.05) is 7.11 Å². The zero-order chi connectivity index (χ0) is 7.40. The highest BCUT2D eigenvalue weighted by atomic mass is 16.5. The van der Waals surface area contributed by atoms with Crippen molar-refractivity contribution >= 4 is 0 Å². The van der Waals surface area contributed by atoms with Crippen LogP contribution in [0.3, 0.4) is 0 Å². The number of rotatable bonds is 2. The van der Waals surface area contributed by atoms with Crippen LogP contribution in [0.5, 0.6) is 0 Å². The van der Waals surface area contributed by atoms with E-state index in [-0.39, 0.29) is 0 Å². The van der Waals surface area contributed by atoms with Crippen LogP contribution >= 0.6 is 0 Å². The lowest BCUT2D eigenvalue weighted by molar-refractivity contribution is 0.256. The van der Waals surface area contributed by atoms with Gasteiger partial charge in [0.25, 0.3) is 0 Å². The second-order valence-electron chi connectivity index (χ2n) is 2.90. The fourth-order valence-corrected chi connectivity index (χ4v) is 1.46. The van der Waals surface area contributed by atoms with E-state index in [1.807, 2.05) is 0 Å². The molecule has 1 atom stereocenters. The first-order valence-corrected chi connectivity index (χ1v) is 4.11. The number of allylic oxidation sites excluding steroid dienone is 2. The fraction of sp³-hybridized carbons (Fsp3) is 0.778. The van der Waals surface area contributed by atoms with Crippen molar-refractivity contribution in [1.82, 2.24) is 0 Å². The highest BCUT2D eigenvalue weighted by molar-refractivity contribution is 5.00. The zero-order valence-electron chi connectivity index (χ0n) is 6.89. The molecule has 1 aliphatic carbocycles. The number of methoxy groups -OCH3 is 1. The minimum Gasteiger partial charge on any atom is -0.501 e. The van der Waals surface area contributed by atoms with E-state index in [9.17, 15) is 0 Å². The Morgan fingerprint density at radius 3 is 3.10 bits per heavy atom. The monoisotopic (exact) mass is 140 g/mol. The molecule has 0 aliphatic heterocycles. The van der Waals surface area contributed by atoms with Crippen LogP contribution in [0.1, 0.15) is 32.6 Å². The molecule has 0 radical (unpaired) electrons. The third-order valence-corrected chi connectivity index (χ3v) is 2.21. The zero-order valence-corrected chi connectivity index (χ0v) is 6.89. The smallest absolute Gasteiger partial charge is 0.0918 e. The maximum absolute atomic E-state index is 5.18. The molecule has 1 nitrogen and oxygen atoms in total. The summed E-state index contributed by atoms with van der Waals surface area (Å²) < 4.78 is 5.18. The van der Waals surface area contributed by atoms with Gasteiger partial charge in [0.05, 0.1) is 12.9 Å². The molecular formula is C9H16O. The van der Waals surface area contributed by atoms with Gasteiger partial charge < -0.3 is 4.74 Å². The summed E-state index contributed by atoms with van der Waals surface area (Å²) in [6, 6.07) is 0. The van der Waals surface area contributed by atoms with Crippen LogP contribution in [0.25, 0.3) is 0 Å². The summed E-state index contributed by atoms with van der Waals surface area (Å²) in [5, 5.41) is 0. The van der Waals surface area contributed by atoms with Crippen molar-refractivity contribution in [3.63, 3.8) is 0 Å². The van der Waals surface area contributed by atoms with Crippen molar-refractivity contribution in [3.05, 3.63) is 11.8 Å². The van der Waals surface area contributed by atoms with Gasteiger partial charge in [0.1, 0.15) is 0 Å². The quantitative estimate of drug-likeness (QED) is 0.573. The lowest BCUT2D eigenvalue weighted by Crippen LogP contribution is -2.04. The Balaban J connectivity index is 2.48. The summed E-state index contributed by atoms with van der Waals surface area (Å²) in [6.45, 7) is 2.24. The van der Waals surface area contributed by atoms with Crippen LogP contribution in [-0.2, 0) is 4.74 Å². The van der Waals surface area contributed by atoms with Crippen molar-refractivity contribution in [2.45, 2.75) is 32.6 Å². The molecule has 0 aromatic rings. The van der Waals surface area contributed by atoms with Gasteiger partial charge in [-0.25, -0.2) is 0 Å². The Morgan fingerprint density at radius 1 is 1.70 bits per heavy atom. The second kappa shape index (κ2) is 3.65. The summed E-state index contributed by atoms with van der Waals surface area (Å²) >= 11 is 0. The molecule has 58 valence electrons. The molecule has 0 N–H and O–H groups in total. The summed E-state index contributed by atoms with van der Waals surface area (Å²) in [5.74, 6) is 1.97. The van der Waals surface area contributed by atoms with Gasteiger partial charge in [-0.05, 0) is 31.3 Å². The summed E-state index contributed by atoms with van der Waals surface area (Å²) in [4.78, 5) is 0. The van der Waals surface area contributed by atoms with Gasteiger partial charge in [-0.15, -0.1) is 0 Å². The molecule has 0 saturated heterocycles. The molecule has 0 bridgehead atoms. The Morgan fingerprint density at radius 2 is 2.50 bits per heavy atom. The fourth-order valence-electron chi connectivity index (χ4n) is 1.46. The van der Waals surface area contributed by atoms with Crippen molar-refractivity contribution in [1.29, 1.82) is 0 Å². The molecule has 1 heteroatoms. The predicted molar refractivity (Wildman–Crippen MR) is 42.7 cm³/mol. The molecule has 1 rings (SSSR count). The van der Waals surface area contributed by atoms with E-state index in [1.165, 1.54) is 25.0 Å². The highest BCUT2D eigenvalue weighted by Crippen LogP contribution is 2.24. The van der Waals surface area contributed by atoms with Crippen molar-refractivity contribution < 1.29 is 4.74 Å². The number of hydrogen-bond donors (Lipinski definition) is 0. The Kier molecular flexibility index (Phi) is 2.79. The first kappa shape index (κ1) is 7.64. The van der Waals surface area contributed by atoms with Gasteiger partial charge in [0, 0.05) is 6.42 Å². The van der Waals surface area contributed by atoms with Gasteiger partial charge in [0.15, 0.2) is 0 Å². The van der Waals surface area contributed by atoms with Crippen molar-refractivity contribution in [3.8, 4) is 0 Å². The van der Waals surface area contributed by atoms with E-state index in [4.69, 9.17) is 4.74 Å². The molecule has 0 spiro atoms. The second-order valence-corrected chi connectivity index (χ2v) is 2.90. The largest absolute Gasteiger partial charge is 0.501 e. The van der Waals surface area contributed by atoms with Crippen LogP contribution < -0.4 is 0 Å². The van der Waals surface area contributed by atoms with E-state index in [1.54, 1.807) is 7.11 Å². The third-order valence-electron chi connectivity index (χ3n) is 2.21. The predicted octanol–water partition coefficient (Wildman–Crippen LogP) is 2.73. The van der Waals surface area contributed by atoms with Gasteiger partial charge in [-0.1, -0.05) is 6.92 Å². The minimum atomic E-state index is 0.781. The maximum atomic E-state index is 5.18. The Bertz CT molecular complexity index is 127. The standard InChI is InChI=1S/C9H16O/c1-3-8-5-4-6-9(7-8)10-2/h7-8H,3-6H2,1-2H3. The average Bonchev–Trinajstić information content (AvgIpc) is 2.05. The molecule has 0 saturated carbocycles. The Labute approximate surface area is 63.1 Å². The van der Waals surface area contributed by atoms with Crippen LogP contribution in [0, 0.1) is 5.92 Å². The molecule has 0 heterocycles. The molecule has 0 fully saturated rings. The van der Waals surface area contributed by atoms with E-state index < -0.39 is 0 Å². The lowest BCUT2D eigenvalue weighted by atomic mass is 9.93. The minimum absolute atomic E-state index is 0.781. The van der Waals surface area contributed by atoms with Crippen LogP contribution in [0.4, 0.5) is 0 Å². The highest BCUT2D eigenvalue weighted by Gasteiger charge is 2.11. The number of ether oxygens (including phenoxy) is 1. The third kappa shape index (κ3) is 1.76. The van der Waals surface area contributed by atoms with Crippen LogP contribution in [-0.4, -0.2) is 7.11 Å². The lowest BCUT2D eigenvalue weighted by Gasteiger charge is -2.18. The molecule has 10 heavy (non-hydrogen) atoms. The SMILES string of the molecule is CCC1C=C(OC)CCC1. The summed E-state index contributed by atoms with van der Waals surface area (Å²) in [5.41, 5.74) is 0. The van der Waals surface area contributed by atoms with Gasteiger partial charge >= 0.3 is 0 Å². The van der Waals surface area contributed by atoms with Crippen molar-refractivity contribution in [2.24, 2.45) is 5.92 Å². The summed E-state index contributed by atoms with van der Waals surface area (Å²) in [6.07, 6.45) is 7.34.